The molecule has 0 aromatic heterocycles. The monoisotopic (exact) mass is 338 g/mol. The molecule has 0 saturated carbocycles. The predicted molar refractivity (Wildman–Crippen MR) is 88.1 cm³/mol. The van der Waals surface area contributed by atoms with Gasteiger partial charge >= 0.3 is 0 Å². The van der Waals surface area contributed by atoms with Gasteiger partial charge in [-0.15, -0.1) is 0 Å². The van der Waals surface area contributed by atoms with Gasteiger partial charge in [-0.05, 0) is 41.5 Å². The van der Waals surface area contributed by atoms with E-state index in [1.807, 2.05) is 4.90 Å². The molecule has 1 aliphatic rings. The number of nitro groups is 1. The van der Waals surface area contributed by atoms with Crippen molar-refractivity contribution in [1.29, 1.82) is 0 Å². The van der Waals surface area contributed by atoms with Crippen molar-refractivity contribution in [3.63, 3.8) is 0 Å². The number of fused-ring (bicyclic) bond motifs is 1. The van der Waals surface area contributed by atoms with Crippen molar-refractivity contribution in [3.05, 3.63) is 33.9 Å². The second-order valence-corrected chi connectivity index (χ2v) is 6.86. The van der Waals surface area contributed by atoms with Gasteiger partial charge in [-0.1, -0.05) is 13.8 Å². The topological polar surface area (TPSA) is 80.5 Å². The molecule has 0 fully saturated rings. The molecule has 0 unspecified atom stereocenters. The first-order valence-corrected chi connectivity index (χ1v) is 7.82. The minimum Gasteiger partial charge on any atom is -0.364 e. The Kier molecular flexibility index (Phi) is 5.04. The van der Waals surface area contributed by atoms with E-state index in [9.17, 15) is 19.7 Å². The number of nitrogens with zero attached hydrogens (tertiary/aromatic N) is 2. The van der Waals surface area contributed by atoms with Crippen LogP contribution >= 0.6 is 11.6 Å². The zero-order valence-corrected chi connectivity index (χ0v) is 13.9. The van der Waals surface area contributed by atoms with Crippen LogP contribution in [0.3, 0.4) is 0 Å². The Morgan fingerprint density at radius 1 is 1.39 bits per heavy atom. The lowest BCUT2D eigenvalue weighted by Crippen LogP contribution is -2.31. The molecule has 1 aromatic carbocycles. The van der Waals surface area contributed by atoms with Crippen LogP contribution in [0.2, 0.25) is 0 Å². The molecule has 124 valence electrons. The smallest absolute Gasteiger partial charge is 0.271 e. The van der Waals surface area contributed by atoms with Gasteiger partial charge in [0.1, 0.15) is 0 Å². The summed E-state index contributed by atoms with van der Waals surface area (Å²) < 4.78 is 0. The van der Waals surface area contributed by atoms with Crippen LogP contribution < -0.4 is 4.90 Å². The van der Waals surface area contributed by atoms with Crippen LogP contribution in [0.15, 0.2) is 18.2 Å². The molecule has 7 heteroatoms. The highest BCUT2D eigenvalue weighted by Gasteiger charge is 2.31. The molecule has 0 spiro atoms. The third kappa shape index (κ3) is 4.07. The Balaban J connectivity index is 2.41. The van der Waals surface area contributed by atoms with Gasteiger partial charge in [0.05, 0.1) is 17.9 Å². The summed E-state index contributed by atoms with van der Waals surface area (Å²) in [4.78, 5) is 35.3. The molecule has 1 heterocycles. The lowest BCUT2D eigenvalue weighted by Gasteiger charge is -2.28. The molecule has 6 nitrogen and oxygen atoms in total. The van der Waals surface area contributed by atoms with E-state index >= 15 is 0 Å². The fourth-order valence-corrected chi connectivity index (χ4v) is 3.17. The van der Waals surface area contributed by atoms with Crippen LogP contribution in [0, 0.1) is 10.1 Å². The summed E-state index contributed by atoms with van der Waals surface area (Å²) in [5, 5.41) is 10.4. The Morgan fingerprint density at radius 3 is 2.70 bits per heavy atom. The highest BCUT2D eigenvalue weighted by Crippen LogP contribution is 2.40. The fraction of sp³-hybridized carbons (Fsp3) is 0.500. The summed E-state index contributed by atoms with van der Waals surface area (Å²) in [6.45, 7) is 4.82. The number of hydrogen-bond donors (Lipinski definition) is 0. The summed E-state index contributed by atoms with van der Waals surface area (Å²) in [7, 11) is 0. The Hall–Kier alpha value is -1.95. The molecule has 1 aliphatic heterocycles. The Labute approximate surface area is 139 Å². The van der Waals surface area contributed by atoms with Crippen LogP contribution in [0.25, 0.3) is 0 Å². The highest BCUT2D eigenvalue weighted by atomic mass is 35.5. The van der Waals surface area contributed by atoms with Crippen LogP contribution in [0.1, 0.15) is 38.7 Å². The van der Waals surface area contributed by atoms with Gasteiger partial charge in [-0.3, -0.25) is 19.7 Å². The van der Waals surface area contributed by atoms with Gasteiger partial charge in [0.15, 0.2) is 5.78 Å². The SMILES string of the molecule is CC1(C)CCCN(CC(=O)CC(=O)Cl)c2cc([N+](=O)[O-])ccc21. The molecular weight excluding hydrogens is 320 g/mol. The molecule has 0 atom stereocenters. The molecule has 0 amide bonds. The van der Waals surface area contributed by atoms with Crippen LogP contribution in [0.5, 0.6) is 0 Å². The summed E-state index contributed by atoms with van der Waals surface area (Å²) in [5.74, 6) is -0.290. The largest absolute Gasteiger partial charge is 0.364 e. The van der Waals surface area contributed by atoms with E-state index in [0.29, 0.717) is 12.2 Å². The van der Waals surface area contributed by atoms with Crippen molar-refractivity contribution in [1.82, 2.24) is 0 Å². The number of non-ortho nitro benzene ring substituents is 1. The van der Waals surface area contributed by atoms with Crippen molar-refractivity contribution in [2.45, 2.75) is 38.5 Å². The standard InChI is InChI=1S/C16H19ClN2O4/c1-16(2)6-3-7-18(10-12(20)9-15(17)21)14-8-11(19(22)23)4-5-13(14)16/h4-5,8H,3,6-7,9-10H2,1-2H3. The minimum atomic E-state index is -0.690. The summed E-state index contributed by atoms with van der Waals surface area (Å²) >= 11 is 5.27. The lowest BCUT2D eigenvalue weighted by molar-refractivity contribution is -0.384. The predicted octanol–water partition coefficient (Wildman–Crippen LogP) is 3.20. The lowest BCUT2D eigenvalue weighted by atomic mass is 9.80. The van der Waals surface area contributed by atoms with Crippen LogP contribution in [-0.2, 0) is 15.0 Å². The van der Waals surface area contributed by atoms with Gasteiger partial charge in [0.25, 0.3) is 5.69 Å². The molecule has 0 N–H and O–H groups in total. The number of Topliss-reactive ketones (excluding diaryl/α,β-unsaturated/α-hetero) is 1. The number of ketones is 1. The zero-order chi connectivity index (χ0) is 17.2. The van der Waals surface area contributed by atoms with E-state index in [1.54, 1.807) is 6.07 Å². The first-order valence-electron chi connectivity index (χ1n) is 7.44. The van der Waals surface area contributed by atoms with Crippen molar-refractivity contribution in [3.8, 4) is 0 Å². The number of nitro benzene ring substituents is 1. The quantitative estimate of drug-likeness (QED) is 0.356. The van der Waals surface area contributed by atoms with Crippen LogP contribution in [-0.4, -0.2) is 29.0 Å². The van der Waals surface area contributed by atoms with Gasteiger partial charge in [0.2, 0.25) is 5.24 Å². The van der Waals surface area contributed by atoms with Gasteiger partial charge in [0, 0.05) is 24.4 Å². The van der Waals surface area contributed by atoms with Crippen molar-refractivity contribution >= 4 is 34.0 Å². The molecule has 0 aliphatic carbocycles. The average molecular weight is 339 g/mol. The number of anilines is 1. The second kappa shape index (κ2) is 6.66. The van der Waals surface area contributed by atoms with Crippen LogP contribution in [0.4, 0.5) is 11.4 Å². The molecular formula is C16H19ClN2O4. The maximum absolute atomic E-state index is 11.9. The van der Waals surface area contributed by atoms with Crippen molar-refractivity contribution in [2.75, 3.05) is 18.0 Å². The normalized spacial score (nSPS) is 16.4. The Bertz CT molecular complexity index is 657. The number of carbonyl (C=O) groups is 2. The number of hydrogen-bond acceptors (Lipinski definition) is 5. The van der Waals surface area contributed by atoms with E-state index in [0.717, 1.165) is 18.4 Å². The second-order valence-electron chi connectivity index (χ2n) is 6.44. The van der Waals surface area contributed by atoms with Gasteiger partial charge in [-0.2, -0.15) is 0 Å². The summed E-state index contributed by atoms with van der Waals surface area (Å²) in [6, 6.07) is 4.77. The summed E-state index contributed by atoms with van der Waals surface area (Å²) in [6.07, 6.45) is 1.44. The molecule has 0 bridgehead atoms. The minimum absolute atomic E-state index is 0.00711. The molecule has 23 heavy (non-hydrogen) atoms. The maximum atomic E-state index is 11.9. The number of halogens is 1. The van der Waals surface area contributed by atoms with E-state index < -0.39 is 10.2 Å². The number of benzene rings is 1. The van der Waals surface area contributed by atoms with Gasteiger partial charge in [-0.25, -0.2) is 0 Å². The zero-order valence-electron chi connectivity index (χ0n) is 13.2. The average Bonchev–Trinajstić information content (AvgIpc) is 2.55. The van der Waals surface area contributed by atoms with E-state index in [4.69, 9.17) is 11.6 Å². The number of carbonyl (C=O) groups excluding carboxylic acids is 2. The Morgan fingerprint density at radius 2 is 2.09 bits per heavy atom. The van der Waals surface area contributed by atoms with Crippen molar-refractivity contribution in [2.24, 2.45) is 0 Å². The van der Waals surface area contributed by atoms with Gasteiger partial charge < -0.3 is 4.90 Å². The molecule has 1 aromatic rings. The summed E-state index contributed by atoms with van der Waals surface area (Å²) in [5.41, 5.74) is 1.53. The first kappa shape index (κ1) is 17.4. The van der Waals surface area contributed by atoms with Crippen molar-refractivity contribution < 1.29 is 14.5 Å². The molecule has 0 radical (unpaired) electrons. The van der Waals surface area contributed by atoms with E-state index in [2.05, 4.69) is 13.8 Å². The fourth-order valence-electron chi connectivity index (χ4n) is 3.02. The maximum Gasteiger partial charge on any atom is 0.271 e. The first-order chi connectivity index (χ1) is 10.7. The van der Waals surface area contributed by atoms with E-state index in [1.165, 1.54) is 12.1 Å². The van der Waals surface area contributed by atoms with E-state index in [-0.39, 0.29) is 29.9 Å². The third-order valence-corrected chi connectivity index (χ3v) is 4.33. The number of rotatable bonds is 5. The highest BCUT2D eigenvalue weighted by molar-refractivity contribution is 6.65. The third-order valence-electron chi connectivity index (χ3n) is 4.20. The molecule has 2 rings (SSSR count). The molecule has 0 saturated heterocycles.